The Morgan fingerprint density at radius 3 is 2.58 bits per heavy atom. The monoisotopic (exact) mass is 264 g/mol. The molecule has 0 atom stereocenters. The lowest BCUT2D eigenvalue weighted by atomic mass is 9.85. The van der Waals surface area contributed by atoms with Gasteiger partial charge in [-0.1, -0.05) is 32.9 Å². The summed E-state index contributed by atoms with van der Waals surface area (Å²) in [6.45, 7) is 7.36. The lowest BCUT2D eigenvalue weighted by Crippen LogP contribution is -2.30. The SMILES string of the molecule is COc1ccc(CC(=O)NCCN)cc1C(C)(C)C. The van der Waals surface area contributed by atoms with E-state index >= 15 is 0 Å². The van der Waals surface area contributed by atoms with Crippen molar-refractivity contribution in [1.82, 2.24) is 5.32 Å². The minimum Gasteiger partial charge on any atom is -0.496 e. The maximum atomic E-state index is 11.7. The Balaban J connectivity index is 2.90. The Morgan fingerprint density at radius 2 is 2.05 bits per heavy atom. The number of carbonyl (C=O) groups is 1. The van der Waals surface area contributed by atoms with E-state index < -0.39 is 0 Å². The van der Waals surface area contributed by atoms with E-state index in [1.165, 1.54) is 0 Å². The van der Waals surface area contributed by atoms with Crippen LogP contribution in [0, 0.1) is 0 Å². The van der Waals surface area contributed by atoms with Gasteiger partial charge in [-0.15, -0.1) is 0 Å². The van der Waals surface area contributed by atoms with Gasteiger partial charge in [-0.3, -0.25) is 4.79 Å². The molecule has 0 saturated heterocycles. The van der Waals surface area contributed by atoms with Gasteiger partial charge in [-0.2, -0.15) is 0 Å². The van der Waals surface area contributed by atoms with Gasteiger partial charge >= 0.3 is 0 Å². The summed E-state index contributed by atoms with van der Waals surface area (Å²) < 4.78 is 5.38. The van der Waals surface area contributed by atoms with E-state index in [0.717, 1.165) is 16.9 Å². The minimum absolute atomic E-state index is 0.00419. The molecular formula is C15H24N2O2. The third-order valence-electron chi connectivity index (χ3n) is 2.90. The lowest BCUT2D eigenvalue weighted by molar-refractivity contribution is -0.120. The number of hydrogen-bond donors (Lipinski definition) is 2. The molecule has 0 aliphatic rings. The zero-order chi connectivity index (χ0) is 14.5. The number of nitrogens with two attached hydrogens (primary N) is 1. The van der Waals surface area contributed by atoms with Crippen LogP contribution in [-0.4, -0.2) is 26.1 Å². The normalized spacial score (nSPS) is 11.2. The number of carbonyl (C=O) groups excluding carboxylic acids is 1. The van der Waals surface area contributed by atoms with Crippen molar-refractivity contribution in [3.63, 3.8) is 0 Å². The molecule has 0 unspecified atom stereocenters. The fourth-order valence-corrected chi connectivity index (χ4v) is 1.91. The summed E-state index contributed by atoms with van der Waals surface area (Å²) in [6, 6.07) is 5.89. The first-order valence-corrected chi connectivity index (χ1v) is 6.52. The fourth-order valence-electron chi connectivity index (χ4n) is 1.91. The highest BCUT2D eigenvalue weighted by Gasteiger charge is 2.19. The highest BCUT2D eigenvalue weighted by Crippen LogP contribution is 2.32. The highest BCUT2D eigenvalue weighted by atomic mass is 16.5. The molecule has 0 fully saturated rings. The molecule has 19 heavy (non-hydrogen) atoms. The van der Waals surface area contributed by atoms with Gasteiger partial charge in [-0.25, -0.2) is 0 Å². The van der Waals surface area contributed by atoms with Crippen LogP contribution in [0.15, 0.2) is 18.2 Å². The van der Waals surface area contributed by atoms with Crippen LogP contribution in [0.25, 0.3) is 0 Å². The highest BCUT2D eigenvalue weighted by molar-refractivity contribution is 5.78. The maximum Gasteiger partial charge on any atom is 0.224 e. The summed E-state index contributed by atoms with van der Waals surface area (Å²) in [5.41, 5.74) is 7.44. The molecule has 0 radical (unpaired) electrons. The molecule has 3 N–H and O–H groups in total. The topological polar surface area (TPSA) is 64.3 Å². The molecule has 1 amide bonds. The molecule has 1 aromatic carbocycles. The van der Waals surface area contributed by atoms with Crippen molar-refractivity contribution < 1.29 is 9.53 Å². The molecule has 0 aliphatic heterocycles. The van der Waals surface area contributed by atoms with Crippen LogP contribution in [0.3, 0.4) is 0 Å². The molecule has 4 heteroatoms. The Morgan fingerprint density at radius 1 is 1.37 bits per heavy atom. The average Bonchev–Trinajstić information content (AvgIpc) is 2.35. The maximum absolute atomic E-state index is 11.7. The van der Waals surface area contributed by atoms with Crippen molar-refractivity contribution in [1.29, 1.82) is 0 Å². The summed E-state index contributed by atoms with van der Waals surface area (Å²) in [5, 5.41) is 2.77. The summed E-state index contributed by atoms with van der Waals surface area (Å²) in [4.78, 5) is 11.7. The zero-order valence-electron chi connectivity index (χ0n) is 12.2. The third kappa shape index (κ3) is 4.56. The Hall–Kier alpha value is -1.55. The van der Waals surface area contributed by atoms with Crippen molar-refractivity contribution in [2.45, 2.75) is 32.6 Å². The Bertz CT molecular complexity index is 436. The standard InChI is InChI=1S/C15H24N2O2/c1-15(2,3)12-9-11(5-6-13(12)19-4)10-14(18)17-8-7-16/h5-6,9H,7-8,10,16H2,1-4H3,(H,17,18). The third-order valence-corrected chi connectivity index (χ3v) is 2.90. The predicted molar refractivity (Wildman–Crippen MR) is 77.5 cm³/mol. The number of rotatable bonds is 5. The van der Waals surface area contributed by atoms with Gasteiger partial charge in [0.2, 0.25) is 5.91 Å². The number of ether oxygens (including phenoxy) is 1. The Labute approximate surface area is 115 Å². The van der Waals surface area contributed by atoms with Gasteiger partial charge in [0.05, 0.1) is 13.5 Å². The molecule has 0 aromatic heterocycles. The summed E-state index contributed by atoms with van der Waals surface area (Å²) in [6.07, 6.45) is 0.368. The molecule has 4 nitrogen and oxygen atoms in total. The summed E-state index contributed by atoms with van der Waals surface area (Å²) in [5.74, 6) is 0.856. The largest absolute Gasteiger partial charge is 0.496 e. The van der Waals surface area contributed by atoms with Crippen molar-refractivity contribution >= 4 is 5.91 Å². The quantitative estimate of drug-likeness (QED) is 0.849. The van der Waals surface area contributed by atoms with E-state index in [1.807, 2.05) is 18.2 Å². The number of nitrogens with one attached hydrogen (secondary N) is 1. The molecule has 106 valence electrons. The van der Waals surface area contributed by atoms with E-state index in [9.17, 15) is 4.79 Å². The van der Waals surface area contributed by atoms with E-state index in [2.05, 4.69) is 26.1 Å². The Kier molecular flexibility index (Phi) is 5.36. The van der Waals surface area contributed by atoms with Crippen molar-refractivity contribution in [2.24, 2.45) is 5.73 Å². The van der Waals surface area contributed by atoms with Crippen LogP contribution in [0.1, 0.15) is 31.9 Å². The van der Waals surface area contributed by atoms with Gasteiger partial charge < -0.3 is 15.8 Å². The van der Waals surface area contributed by atoms with Crippen LogP contribution >= 0.6 is 0 Å². The first-order chi connectivity index (χ1) is 8.88. The van der Waals surface area contributed by atoms with Crippen LogP contribution in [0.4, 0.5) is 0 Å². The molecule has 1 aromatic rings. The fraction of sp³-hybridized carbons (Fsp3) is 0.533. The molecular weight excluding hydrogens is 240 g/mol. The van der Waals surface area contributed by atoms with E-state index in [4.69, 9.17) is 10.5 Å². The molecule has 0 aliphatic carbocycles. The predicted octanol–water partition coefficient (Wildman–Crippen LogP) is 1.61. The minimum atomic E-state index is -0.0188. The van der Waals surface area contributed by atoms with Gasteiger partial charge in [-0.05, 0) is 22.6 Å². The zero-order valence-corrected chi connectivity index (χ0v) is 12.2. The van der Waals surface area contributed by atoms with Crippen LogP contribution in [0.5, 0.6) is 5.75 Å². The second-order valence-corrected chi connectivity index (χ2v) is 5.60. The van der Waals surface area contributed by atoms with Crippen LogP contribution < -0.4 is 15.8 Å². The van der Waals surface area contributed by atoms with Crippen molar-refractivity contribution in [2.75, 3.05) is 20.2 Å². The van der Waals surface area contributed by atoms with Gasteiger partial charge in [0, 0.05) is 13.1 Å². The lowest BCUT2D eigenvalue weighted by Gasteiger charge is -2.22. The molecule has 0 spiro atoms. The molecule has 0 bridgehead atoms. The summed E-state index contributed by atoms with van der Waals surface area (Å²) >= 11 is 0. The van der Waals surface area contributed by atoms with E-state index in [0.29, 0.717) is 19.5 Å². The van der Waals surface area contributed by atoms with E-state index in [1.54, 1.807) is 7.11 Å². The second kappa shape index (κ2) is 6.57. The molecule has 0 saturated carbocycles. The number of amides is 1. The molecule has 1 rings (SSSR count). The summed E-state index contributed by atoms with van der Waals surface area (Å²) in [7, 11) is 1.66. The first kappa shape index (κ1) is 15.5. The number of methoxy groups -OCH3 is 1. The van der Waals surface area contributed by atoms with Crippen LogP contribution in [0.2, 0.25) is 0 Å². The van der Waals surface area contributed by atoms with Crippen LogP contribution in [-0.2, 0) is 16.6 Å². The van der Waals surface area contributed by atoms with Gasteiger partial charge in [0.15, 0.2) is 0 Å². The van der Waals surface area contributed by atoms with Gasteiger partial charge in [0.1, 0.15) is 5.75 Å². The number of hydrogen-bond acceptors (Lipinski definition) is 3. The smallest absolute Gasteiger partial charge is 0.224 e. The first-order valence-electron chi connectivity index (χ1n) is 6.52. The number of benzene rings is 1. The molecule has 0 heterocycles. The van der Waals surface area contributed by atoms with Crippen molar-refractivity contribution in [3.05, 3.63) is 29.3 Å². The van der Waals surface area contributed by atoms with Gasteiger partial charge in [0.25, 0.3) is 0 Å². The van der Waals surface area contributed by atoms with E-state index in [-0.39, 0.29) is 11.3 Å². The average molecular weight is 264 g/mol. The van der Waals surface area contributed by atoms with Crippen molar-refractivity contribution in [3.8, 4) is 5.75 Å². The second-order valence-electron chi connectivity index (χ2n) is 5.60.